The van der Waals surface area contributed by atoms with Crippen LogP contribution < -0.4 is 4.74 Å². The molecule has 4 nitrogen and oxygen atoms in total. The minimum Gasteiger partial charge on any atom is -0.497 e. The van der Waals surface area contributed by atoms with Crippen LogP contribution in [0, 0.1) is 0 Å². The summed E-state index contributed by atoms with van der Waals surface area (Å²) < 4.78 is 9.42. The second kappa shape index (κ2) is 7.06. The number of hydrogen-bond acceptors (Lipinski definition) is 2. The molecule has 0 saturated heterocycles. The largest absolute Gasteiger partial charge is 0.497 e. The topological polar surface area (TPSA) is 32.0 Å². The van der Waals surface area contributed by atoms with E-state index >= 15 is 0 Å². The van der Waals surface area contributed by atoms with Gasteiger partial charge >= 0.3 is 0 Å². The Kier molecular flexibility index (Phi) is 4.62. The van der Waals surface area contributed by atoms with E-state index in [4.69, 9.17) is 27.9 Å². The SMILES string of the molecule is COc1ccc(Cn2ccc(-n3c(CCl)nc4cc(Cl)ccc43)c2)cc1. The molecule has 0 atom stereocenters. The van der Waals surface area contributed by atoms with Crippen LogP contribution in [0.25, 0.3) is 16.7 Å². The van der Waals surface area contributed by atoms with Gasteiger partial charge in [0.05, 0.1) is 29.7 Å². The highest BCUT2D eigenvalue weighted by molar-refractivity contribution is 6.31. The molecule has 0 aliphatic heterocycles. The van der Waals surface area contributed by atoms with Crippen molar-refractivity contribution in [2.45, 2.75) is 12.4 Å². The van der Waals surface area contributed by atoms with Gasteiger partial charge in [-0.25, -0.2) is 4.98 Å². The smallest absolute Gasteiger partial charge is 0.129 e. The van der Waals surface area contributed by atoms with Crippen molar-refractivity contribution in [3.05, 3.63) is 77.3 Å². The molecule has 0 amide bonds. The molecule has 0 saturated carbocycles. The van der Waals surface area contributed by atoms with E-state index in [1.807, 2.05) is 30.3 Å². The zero-order chi connectivity index (χ0) is 18.1. The Morgan fingerprint density at radius 1 is 1.08 bits per heavy atom. The minimum atomic E-state index is 0.329. The number of nitrogens with zero attached hydrogens (tertiary/aromatic N) is 3. The van der Waals surface area contributed by atoms with E-state index in [1.54, 1.807) is 7.11 Å². The number of rotatable bonds is 5. The van der Waals surface area contributed by atoms with E-state index in [0.29, 0.717) is 10.9 Å². The maximum atomic E-state index is 6.12. The highest BCUT2D eigenvalue weighted by Crippen LogP contribution is 2.25. The van der Waals surface area contributed by atoms with E-state index in [2.05, 4.69) is 44.7 Å². The number of ether oxygens (including phenoxy) is 1. The molecule has 0 aliphatic rings. The van der Waals surface area contributed by atoms with Gasteiger partial charge in [-0.1, -0.05) is 23.7 Å². The fraction of sp³-hybridized carbons (Fsp3) is 0.150. The molecular weight excluding hydrogens is 369 g/mol. The number of hydrogen-bond donors (Lipinski definition) is 0. The van der Waals surface area contributed by atoms with Gasteiger partial charge in [0.25, 0.3) is 0 Å². The number of alkyl halides is 1. The quantitative estimate of drug-likeness (QED) is 0.438. The molecule has 2 aromatic carbocycles. The fourth-order valence-corrected chi connectivity index (χ4v) is 3.43. The van der Waals surface area contributed by atoms with Gasteiger partial charge in [-0.15, -0.1) is 11.6 Å². The predicted molar refractivity (Wildman–Crippen MR) is 106 cm³/mol. The van der Waals surface area contributed by atoms with E-state index in [0.717, 1.165) is 34.8 Å². The standard InChI is InChI=1S/C20H17Cl2N3O/c1-26-17-5-2-14(3-6-17)12-24-9-8-16(13-24)25-19-7-4-15(22)10-18(19)23-20(25)11-21/h2-10,13H,11-12H2,1H3. The summed E-state index contributed by atoms with van der Waals surface area (Å²) >= 11 is 12.2. The Morgan fingerprint density at radius 3 is 2.62 bits per heavy atom. The summed E-state index contributed by atoms with van der Waals surface area (Å²) in [5.41, 5.74) is 4.06. The van der Waals surface area contributed by atoms with Crippen LogP contribution in [0.4, 0.5) is 0 Å². The average molecular weight is 386 g/mol. The van der Waals surface area contributed by atoms with Gasteiger partial charge in [-0.05, 0) is 42.0 Å². The van der Waals surface area contributed by atoms with Crippen molar-refractivity contribution in [2.24, 2.45) is 0 Å². The Bertz CT molecular complexity index is 1050. The van der Waals surface area contributed by atoms with Gasteiger partial charge in [0, 0.05) is 24.0 Å². The second-order valence-electron chi connectivity index (χ2n) is 6.02. The number of aromatic nitrogens is 3. The van der Waals surface area contributed by atoms with E-state index in [9.17, 15) is 0 Å². The molecule has 4 aromatic rings. The molecule has 0 spiro atoms. The molecule has 0 unspecified atom stereocenters. The Hall–Kier alpha value is -2.43. The van der Waals surface area contributed by atoms with Crippen LogP contribution in [0.5, 0.6) is 5.75 Å². The number of halogens is 2. The first-order valence-corrected chi connectivity index (χ1v) is 9.11. The van der Waals surface area contributed by atoms with E-state index in [1.165, 1.54) is 5.56 Å². The predicted octanol–water partition coefficient (Wildman–Crippen LogP) is 5.28. The molecule has 0 radical (unpaired) electrons. The number of benzene rings is 2. The summed E-state index contributed by atoms with van der Waals surface area (Å²) in [4.78, 5) is 4.60. The average Bonchev–Trinajstić information content (AvgIpc) is 3.25. The molecule has 0 aliphatic carbocycles. The maximum absolute atomic E-state index is 6.12. The van der Waals surface area contributed by atoms with Gasteiger partial charge in [0.1, 0.15) is 11.6 Å². The molecule has 26 heavy (non-hydrogen) atoms. The molecular formula is C20H17Cl2N3O. The van der Waals surface area contributed by atoms with Crippen LogP contribution in [-0.2, 0) is 12.4 Å². The van der Waals surface area contributed by atoms with Crippen molar-refractivity contribution in [2.75, 3.05) is 7.11 Å². The molecule has 6 heteroatoms. The van der Waals surface area contributed by atoms with Crippen LogP contribution in [0.3, 0.4) is 0 Å². The number of methoxy groups -OCH3 is 1. The summed E-state index contributed by atoms with van der Waals surface area (Å²) in [6.45, 7) is 0.776. The summed E-state index contributed by atoms with van der Waals surface area (Å²) in [5.74, 6) is 1.99. The Balaban J connectivity index is 1.68. The van der Waals surface area contributed by atoms with Crippen LogP contribution in [0.2, 0.25) is 5.02 Å². The molecule has 132 valence electrons. The third-order valence-electron chi connectivity index (χ3n) is 4.32. The summed E-state index contributed by atoms with van der Waals surface area (Å²) in [6.07, 6.45) is 4.15. The van der Waals surface area contributed by atoms with Crippen LogP contribution >= 0.6 is 23.2 Å². The van der Waals surface area contributed by atoms with Crippen LogP contribution in [0.1, 0.15) is 11.4 Å². The third-order valence-corrected chi connectivity index (χ3v) is 4.80. The summed E-state index contributed by atoms with van der Waals surface area (Å²) in [6, 6.07) is 15.8. The lowest BCUT2D eigenvalue weighted by Gasteiger charge is -2.06. The summed E-state index contributed by atoms with van der Waals surface area (Å²) in [5, 5.41) is 0.667. The monoisotopic (exact) mass is 385 g/mol. The lowest BCUT2D eigenvalue weighted by Crippen LogP contribution is -1.99. The Morgan fingerprint density at radius 2 is 1.88 bits per heavy atom. The first-order valence-electron chi connectivity index (χ1n) is 8.20. The molecule has 2 heterocycles. The van der Waals surface area contributed by atoms with Gasteiger partial charge in [0.15, 0.2) is 0 Å². The maximum Gasteiger partial charge on any atom is 0.129 e. The molecule has 2 aromatic heterocycles. The number of imidazole rings is 1. The normalized spacial score (nSPS) is 11.2. The number of fused-ring (bicyclic) bond motifs is 1. The lowest BCUT2D eigenvalue weighted by atomic mass is 10.2. The van der Waals surface area contributed by atoms with Crippen molar-refractivity contribution in [3.63, 3.8) is 0 Å². The van der Waals surface area contributed by atoms with Crippen LogP contribution in [-0.4, -0.2) is 21.2 Å². The summed E-state index contributed by atoms with van der Waals surface area (Å²) in [7, 11) is 1.67. The molecule has 4 rings (SSSR count). The molecule has 0 bridgehead atoms. The van der Waals surface area contributed by atoms with E-state index in [-0.39, 0.29) is 0 Å². The zero-order valence-electron chi connectivity index (χ0n) is 14.2. The van der Waals surface area contributed by atoms with Crippen molar-refractivity contribution in [1.29, 1.82) is 0 Å². The van der Waals surface area contributed by atoms with Crippen molar-refractivity contribution in [3.8, 4) is 11.4 Å². The zero-order valence-corrected chi connectivity index (χ0v) is 15.7. The third kappa shape index (κ3) is 3.18. The first-order chi connectivity index (χ1) is 12.7. The highest BCUT2D eigenvalue weighted by atomic mass is 35.5. The fourth-order valence-electron chi connectivity index (χ4n) is 3.08. The van der Waals surface area contributed by atoms with Crippen molar-refractivity contribution >= 4 is 34.2 Å². The minimum absolute atomic E-state index is 0.329. The van der Waals surface area contributed by atoms with Gasteiger partial charge in [-0.2, -0.15) is 0 Å². The van der Waals surface area contributed by atoms with Crippen LogP contribution in [0.15, 0.2) is 60.9 Å². The molecule has 0 fully saturated rings. The van der Waals surface area contributed by atoms with Gasteiger partial charge in [-0.3, -0.25) is 4.57 Å². The first kappa shape index (κ1) is 17.0. The second-order valence-corrected chi connectivity index (χ2v) is 6.72. The highest BCUT2D eigenvalue weighted by Gasteiger charge is 2.13. The Labute approximate surface area is 161 Å². The molecule has 0 N–H and O–H groups in total. The van der Waals surface area contributed by atoms with Gasteiger partial charge in [0.2, 0.25) is 0 Å². The lowest BCUT2D eigenvalue weighted by molar-refractivity contribution is 0.414. The van der Waals surface area contributed by atoms with Gasteiger partial charge < -0.3 is 9.30 Å². The van der Waals surface area contributed by atoms with Crippen molar-refractivity contribution < 1.29 is 4.74 Å². The van der Waals surface area contributed by atoms with Crippen molar-refractivity contribution in [1.82, 2.24) is 14.1 Å². The van der Waals surface area contributed by atoms with E-state index < -0.39 is 0 Å².